The number of benzene rings is 2. The van der Waals surface area contributed by atoms with Crippen LogP contribution in [0.2, 0.25) is 10.0 Å². The van der Waals surface area contributed by atoms with Crippen LogP contribution in [0.4, 0.5) is 5.69 Å². The average Bonchev–Trinajstić information content (AvgIpc) is 2.57. The Hall–Kier alpha value is -2.08. The second kappa shape index (κ2) is 8.85. The quantitative estimate of drug-likeness (QED) is 0.806. The highest BCUT2D eigenvalue weighted by molar-refractivity contribution is 6.35. The van der Waals surface area contributed by atoms with Crippen molar-refractivity contribution in [1.29, 1.82) is 0 Å². The number of nitrogens with zero attached hydrogens (tertiary/aromatic N) is 1. The maximum absolute atomic E-state index is 12.4. The van der Waals surface area contributed by atoms with Gasteiger partial charge in [0.05, 0.1) is 10.7 Å². The van der Waals surface area contributed by atoms with Gasteiger partial charge in [0, 0.05) is 29.2 Å². The summed E-state index contributed by atoms with van der Waals surface area (Å²) >= 11 is 12.0. The Labute approximate surface area is 156 Å². The first kappa shape index (κ1) is 19.2. The predicted octanol–water partition coefficient (Wildman–Crippen LogP) is 3.54. The molecule has 2 aromatic rings. The van der Waals surface area contributed by atoms with E-state index in [0.29, 0.717) is 33.4 Å². The second-order valence-corrected chi connectivity index (χ2v) is 6.56. The van der Waals surface area contributed by atoms with Crippen LogP contribution in [0.25, 0.3) is 0 Å². The molecule has 132 valence electrons. The smallest absolute Gasteiger partial charge is 0.255 e. The molecule has 0 aliphatic heterocycles. The summed E-state index contributed by atoms with van der Waals surface area (Å²) in [4.78, 5) is 26.5. The lowest BCUT2D eigenvalue weighted by Crippen LogP contribution is -2.31. The number of likely N-dealkylation sites (N-methyl/N-ethyl adjacent to an activating group) is 1. The molecule has 5 nitrogen and oxygen atoms in total. The Kier molecular flexibility index (Phi) is 6.82. The highest BCUT2D eigenvalue weighted by Crippen LogP contribution is 2.25. The van der Waals surface area contributed by atoms with Gasteiger partial charge in [-0.25, -0.2) is 0 Å². The normalized spacial score (nSPS) is 10.6. The first-order valence-electron chi connectivity index (χ1n) is 7.66. The Morgan fingerprint density at radius 2 is 1.68 bits per heavy atom. The van der Waals surface area contributed by atoms with E-state index in [0.717, 1.165) is 6.54 Å². The van der Waals surface area contributed by atoms with Gasteiger partial charge in [-0.05, 0) is 50.5 Å². The minimum atomic E-state index is -0.368. The lowest BCUT2D eigenvalue weighted by molar-refractivity contribution is 0.0951. The standard InChI is InChI=1S/C18H19Cl2N3O2/c1-23(2)9-8-21-17(24)12-4-3-5-13(10-12)18(25)22-16-11-14(19)6-7-15(16)20/h3-7,10-11H,8-9H2,1-2H3,(H,21,24)(H,22,25). The molecule has 2 N–H and O–H groups in total. The molecule has 0 aliphatic carbocycles. The molecule has 0 saturated carbocycles. The molecule has 0 saturated heterocycles. The topological polar surface area (TPSA) is 61.4 Å². The molecule has 0 spiro atoms. The molecule has 25 heavy (non-hydrogen) atoms. The van der Waals surface area contributed by atoms with Gasteiger partial charge >= 0.3 is 0 Å². The zero-order chi connectivity index (χ0) is 18.4. The van der Waals surface area contributed by atoms with E-state index < -0.39 is 0 Å². The lowest BCUT2D eigenvalue weighted by atomic mass is 10.1. The first-order valence-corrected chi connectivity index (χ1v) is 8.42. The van der Waals surface area contributed by atoms with E-state index in [4.69, 9.17) is 23.2 Å². The van der Waals surface area contributed by atoms with E-state index in [1.54, 1.807) is 42.5 Å². The van der Waals surface area contributed by atoms with Gasteiger partial charge < -0.3 is 15.5 Å². The van der Waals surface area contributed by atoms with Crippen molar-refractivity contribution in [2.45, 2.75) is 0 Å². The molecule has 0 unspecified atom stereocenters. The van der Waals surface area contributed by atoms with E-state index in [1.807, 2.05) is 19.0 Å². The maximum Gasteiger partial charge on any atom is 0.255 e. The van der Waals surface area contributed by atoms with Crippen molar-refractivity contribution in [2.24, 2.45) is 0 Å². The van der Waals surface area contributed by atoms with Crippen LogP contribution < -0.4 is 10.6 Å². The monoisotopic (exact) mass is 379 g/mol. The van der Waals surface area contributed by atoms with Gasteiger partial charge in [0.15, 0.2) is 0 Å². The van der Waals surface area contributed by atoms with E-state index in [9.17, 15) is 9.59 Å². The third kappa shape index (κ3) is 5.74. The van der Waals surface area contributed by atoms with Gasteiger partial charge in [-0.2, -0.15) is 0 Å². The fourth-order valence-corrected chi connectivity index (χ4v) is 2.42. The molecule has 0 aliphatic rings. The molecule has 2 rings (SSSR count). The molecule has 2 aromatic carbocycles. The minimum absolute atomic E-state index is 0.225. The summed E-state index contributed by atoms with van der Waals surface area (Å²) < 4.78 is 0. The number of hydrogen-bond donors (Lipinski definition) is 2. The second-order valence-electron chi connectivity index (χ2n) is 5.72. The molecular formula is C18H19Cl2N3O2. The van der Waals surface area contributed by atoms with Crippen LogP contribution in [0.5, 0.6) is 0 Å². The summed E-state index contributed by atoms with van der Waals surface area (Å²) in [5.41, 5.74) is 1.19. The highest BCUT2D eigenvalue weighted by atomic mass is 35.5. The predicted molar refractivity (Wildman–Crippen MR) is 102 cm³/mol. The molecule has 2 amide bonds. The molecule has 7 heteroatoms. The van der Waals surface area contributed by atoms with Gasteiger partial charge in [-0.3, -0.25) is 9.59 Å². The highest BCUT2D eigenvalue weighted by Gasteiger charge is 2.12. The molecule has 0 radical (unpaired) electrons. The number of rotatable bonds is 6. The van der Waals surface area contributed by atoms with Gasteiger partial charge in [0.1, 0.15) is 0 Å². The van der Waals surface area contributed by atoms with Crippen molar-refractivity contribution in [3.63, 3.8) is 0 Å². The molecule has 0 aromatic heterocycles. The number of hydrogen-bond acceptors (Lipinski definition) is 3. The van der Waals surface area contributed by atoms with E-state index in [-0.39, 0.29) is 11.8 Å². The fraction of sp³-hybridized carbons (Fsp3) is 0.222. The van der Waals surface area contributed by atoms with Gasteiger partial charge in [0.2, 0.25) is 0 Å². The van der Waals surface area contributed by atoms with Gasteiger partial charge in [-0.1, -0.05) is 29.3 Å². The Morgan fingerprint density at radius 1 is 1.00 bits per heavy atom. The maximum atomic E-state index is 12.4. The Balaban J connectivity index is 2.08. The third-order valence-corrected chi connectivity index (χ3v) is 3.97. The summed E-state index contributed by atoms with van der Waals surface area (Å²) in [6.07, 6.45) is 0. The number of anilines is 1. The van der Waals surface area contributed by atoms with Crippen LogP contribution in [0.1, 0.15) is 20.7 Å². The third-order valence-electron chi connectivity index (χ3n) is 3.41. The zero-order valence-electron chi connectivity index (χ0n) is 14.0. The number of carbonyl (C=O) groups excluding carboxylic acids is 2. The fourth-order valence-electron chi connectivity index (χ4n) is 2.08. The summed E-state index contributed by atoms with van der Waals surface area (Å²) in [7, 11) is 3.86. The lowest BCUT2D eigenvalue weighted by Gasteiger charge is -2.11. The molecule has 0 bridgehead atoms. The van der Waals surface area contributed by atoms with Crippen LogP contribution in [0.3, 0.4) is 0 Å². The average molecular weight is 380 g/mol. The molecule has 0 atom stereocenters. The zero-order valence-corrected chi connectivity index (χ0v) is 15.5. The summed E-state index contributed by atoms with van der Waals surface area (Å²) in [5, 5.41) is 6.36. The van der Waals surface area contributed by atoms with Crippen molar-refractivity contribution in [2.75, 3.05) is 32.5 Å². The van der Waals surface area contributed by atoms with Gasteiger partial charge in [0.25, 0.3) is 11.8 Å². The van der Waals surface area contributed by atoms with E-state index in [1.165, 1.54) is 0 Å². The van der Waals surface area contributed by atoms with Crippen molar-refractivity contribution < 1.29 is 9.59 Å². The Bertz CT molecular complexity index is 779. The van der Waals surface area contributed by atoms with Crippen LogP contribution in [-0.4, -0.2) is 43.9 Å². The van der Waals surface area contributed by atoms with Crippen LogP contribution in [0, 0.1) is 0 Å². The van der Waals surface area contributed by atoms with E-state index >= 15 is 0 Å². The number of amides is 2. The summed E-state index contributed by atoms with van der Waals surface area (Å²) in [6.45, 7) is 1.26. The molecule has 0 fully saturated rings. The number of carbonyl (C=O) groups is 2. The van der Waals surface area contributed by atoms with Crippen LogP contribution in [-0.2, 0) is 0 Å². The van der Waals surface area contributed by atoms with Gasteiger partial charge in [-0.15, -0.1) is 0 Å². The Morgan fingerprint density at radius 3 is 2.36 bits per heavy atom. The largest absolute Gasteiger partial charge is 0.351 e. The van der Waals surface area contributed by atoms with E-state index in [2.05, 4.69) is 10.6 Å². The van der Waals surface area contributed by atoms with Crippen molar-refractivity contribution >= 4 is 40.7 Å². The number of nitrogens with one attached hydrogen (secondary N) is 2. The van der Waals surface area contributed by atoms with Crippen molar-refractivity contribution in [3.05, 3.63) is 63.6 Å². The summed E-state index contributed by atoms with van der Waals surface area (Å²) in [6, 6.07) is 11.3. The first-order chi connectivity index (χ1) is 11.9. The SMILES string of the molecule is CN(C)CCNC(=O)c1cccc(C(=O)Nc2cc(Cl)ccc2Cl)c1. The molecule has 0 heterocycles. The summed E-state index contributed by atoms with van der Waals surface area (Å²) in [5.74, 6) is -0.593. The minimum Gasteiger partial charge on any atom is -0.351 e. The van der Waals surface area contributed by atoms with Crippen LogP contribution >= 0.6 is 23.2 Å². The number of halogens is 2. The van der Waals surface area contributed by atoms with Crippen molar-refractivity contribution in [1.82, 2.24) is 10.2 Å². The van der Waals surface area contributed by atoms with Crippen molar-refractivity contribution in [3.8, 4) is 0 Å². The van der Waals surface area contributed by atoms with Crippen LogP contribution in [0.15, 0.2) is 42.5 Å². The molecular weight excluding hydrogens is 361 g/mol.